The lowest BCUT2D eigenvalue weighted by atomic mass is 10.2. The maximum Gasteiger partial charge on any atom is 0.273 e. The van der Waals surface area contributed by atoms with E-state index in [4.69, 9.17) is 0 Å². The van der Waals surface area contributed by atoms with Crippen molar-refractivity contribution in [1.82, 2.24) is 9.55 Å². The number of thiazole rings is 1. The zero-order valence-corrected chi connectivity index (χ0v) is 17.3. The fourth-order valence-electron chi connectivity index (χ4n) is 3.00. The fraction of sp³-hybridized carbons (Fsp3) is 0. The first-order valence-corrected chi connectivity index (χ1v) is 10.3. The van der Waals surface area contributed by atoms with E-state index in [1.807, 2.05) is 6.07 Å². The van der Waals surface area contributed by atoms with Crippen LogP contribution < -0.4 is 20.1 Å². The van der Waals surface area contributed by atoms with Crippen LogP contribution in [0, 0.1) is 17.1 Å². The zero-order chi connectivity index (χ0) is 22.5. The minimum Gasteiger partial charge on any atom is -0.321 e. The van der Waals surface area contributed by atoms with Gasteiger partial charge in [0.15, 0.2) is 5.57 Å². The highest BCUT2D eigenvalue weighted by Gasteiger charge is 2.17. The second kappa shape index (κ2) is 9.20. The number of benzene rings is 2. The van der Waals surface area contributed by atoms with Crippen LogP contribution in [0.5, 0.6) is 0 Å². The molecule has 156 valence electrons. The normalized spacial score (nSPS) is 12.2. The number of nitriles is 1. The third kappa shape index (κ3) is 4.38. The molecule has 0 bridgehead atoms. The van der Waals surface area contributed by atoms with E-state index in [-0.39, 0.29) is 15.8 Å². The molecular weight excluding hydrogens is 427 g/mol. The summed E-state index contributed by atoms with van der Waals surface area (Å²) in [5, 5.41) is 12.4. The number of hydrogen-bond donors (Lipinski definition) is 1. The van der Waals surface area contributed by atoms with Gasteiger partial charge in [0, 0.05) is 18.1 Å². The van der Waals surface area contributed by atoms with E-state index in [9.17, 15) is 19.2 Å². The van der Waals surface area contributed by atoms with Gasteiger partial charge in [-0.05, 0) is 54.1 Å². The Bertz CT molecular complexity index is 1490. The lowest BCUT2D eigenvalue weighted by Crippen LogP contribution is -2.32. The van der Waals surface area contributed by atoms with E-state index in [1.54, 1.807) is 60.9 Å². The predicted molar refractivity (Wildman–Crippen MR) is 121 cm³/mol. The van der Waals surface area contributed by atoms with Gasteiger partial charge in [-0.3, -0.25) is 19.1 Å². The molecule has 0 aliphatic heterocycles. The van der Waals surface area contributed by atoms with Gasteiger partial charge in [-0.1, -0.05) is 24.3 Å². The number of pyridine rings is 1. The number of amides is 1. The third-order valence-corrected chi connectivity index (χ3v) is 5.57. The molecular formula is C24H15FN4O2S. The molecule has 0 aliphatic carbocycles. The Hall–Kier alpha value is -4.35. The van der Waals surface area contributed by atoms with Gasteiger partial charge in [0.05, 0.1) is 10.2 Å². The maximum atomic E-state index is 13.3. The molecule has 0 aliphatic rings. The number of anilines is 1. The quantitative estimate of drug-likeness (QED) is 0.526. The second-order valence-electron chi connectivity index (χ2n) is 6.63. The van der Waals surface area contributed by atoms with Crippen LogP contribution in [0.2, 0.25) is 0 Å². The van der Waals surface area contributed by atoms with Crippen LogP contribution >= 0.6 is 11.3 Å². The van der Waals surface area contributed by atoms with Gasteiger partial charge in [-0.25, -0.2) is 4.39 Å². The van der Waals surface area contributed by atoms with Crippen LogP contribution in [0.25, 0.3) is 17.3 Å². The number of aromatic nitrogens is 2. The molecule has 2 aromatic carbocycles. The topological polar surface area (TPSA) is 87.8 Å². The fourth-order valence-corrected chi connectivity index (χ4v) is 4.10. The first kappa shape index (κ1) is 20.9. The van der Waals surface area contributed by atoms with Crippen molar-refractivity contribution in [3.63, 3.8) is 0 Å². The summed E-state index contributed by atoms with van der Waals surface area (Å²) >= 11 is 1.04. The number of para-hydroxylation sites is 1. The van der Waals surface area contributed by atoms with Crippen LogP contribution in [0.15, 0.2) is 83.9 Å². The number of carbonyl (C=O) groups is 1. The number of hydrogen-bond acceptors (Lipinski definition) is 5. The molecule has 0 spiro atoms. The zero-order valence-electron chi connectivity index (χ0n) is 16.5. The smallest absolute Gasteiger partial charge is 0.273 e. The Labute approximate surface area is 185 Å². The van der Waals surface area contributed by atoms with Gasteiger partial charge >= 0.3 is 0 Å². The Morgan fingerprint density at radius 3 is 2.50 bits per heavy atom. The first-order valence-electron chi connectivity index (χ1n) is 9.47. The van der Waals surface area contributed by atoms with Crippen molar-refractivity contribution in [3.8, 4) is 11.8 Å². The molecule has 0 saturated heterocycles. The van der Waals surface area contributed by atoms with Crippen LogP contribution in [0.3, 0.4) is 0 Å². The van der Waals surface area contributed by atoms with Crippen molar-refractivity contribution in [2.75, 3.05) is 5.32 Å². The molecule has 0 radical (unpaired) electrons. The Balaban J connectivity index is 1.94. The van der Waals surface area contributed by atoms with Gasteiger partial charge < -0.3 is 5.32 Å². The minimum atomic E-state index is -0.696. The van der Waals surface area contributed by atoms with E-state index >= 15 is 0 Å². The van der Waals surface area contributed by atoms with Crippen molar-refractivity contribution in [3.05, 3.63) is 110 Å². The number of nitrogens with one attached hydrogen (secondary N) is 1. The second-order valence-corrected chi connectivity index (χ2v) is 7.66. The van der Waals surface area contributed by atoms with Gasteiger partial charge in [-0.15, -0.1) is 11.3 Å². The highest BCUT2D eigenvalue weighted by Crippen LogP contribution is 2.10. The molecule has 2 heterocycles. The van der Waals surface area contributed by atoms with Crippen molar-refractivity contribution in [2.24, 2.45) is 0 Å². The average Bonchev–Trinajstić information content (AvgIpc) is 3.12. The number of halogens is 1. The van der Waals surface area contributed by atoms with Gasteiger partial charge in [0.1, 0.15) is 16.5 Å². The van der Waals surface area contributed by atoms with Crippen molar-refractivity contribution in [1.29, 1.82) is 5.26 Å². The summed E-state index contributed by atoms with van der Waals surface area (Å²) in [5.74, 6) is -1.14. The summed E-state index contributed by atoms with van der Waals surface area (Å²) in [5.41, 5.74) is 0.980. The maximum absolute atomic E-state index is 13.3. The average molecular weight is 442 g/mol. The molecule has 8 heteroatoms. The monoisotopic (exact) mass is 442 g/mol. The predicted octanol–water partition coefficient (Wildman–Crippen LogP) is 2.57. The number of rotatable bonds is 4. The van der Waals surface area contributed by atoms with Crippen LogP contribution in [0.1, 0.15) is 5.56 Å². The molecule has 0 unspecified atom stereocenters. The van der Waals surface area contributed by atoms with Gasteiger partial charge in [0.25, 0.3) is 11.5 Å². The molecule has 0 fully saturated rings. The van der Waals surface area contributed by atoms with Crippen molar-refractivity contribution < 1.29 is 9.18 Å². The molecule has 4 aromatic rings. The molecule has 0 saturated carbocycles. The number of nitrogens with zero attached hydrogens (tertiary/aromatic N) is 3. The van der Waals surface area contributed by atoms with Crippen LogP contribution in [-0.4, -0.2) is 15.5 Å². The number of carbonyl (C=O) groups excluding carboxylic acids is 1. The molecule has 0 atom stereocenters. The van der Waals surface area contributed by atoms with E-state index in [0.29, 0.717) is 21.5 Å². The molecule has 32 heavy (non-hydrogen) atoms. The standard InChI is InChI=1S/C24H15FN4O2S/c25-17-8-10-18(11-9-17)28-22(30)20(14-26)24-29(19-6-2-1-3-7-19)23(31)21(32-24)13-16-5-4-12-27-15-16/h1-13,15H,(H,28,30)/b21-13+,24-20-. The summed E-state index contributed by atoms with van der Waals surface area (Å²) in [4.78, 5) is 30.2. The van der Waals surface area contributed by atoms with E-state index < -0.39 is 11.7 Å². The summed E-state index contributed by atoms with van der Waals surface area (Å²) in [7, 11) is 0. The Morgan fingerprint density at radius 2 is 1.84 bits per heavy atom. The highest BCUT2D eigenvalue weighted by atomic mass is 32.1. The molecule has 4 rings (SSSR count). The van der Waals surface area contributed by atoms with Crippen LogP contribution in [-0.2, 0) is 4.79 Å². The van der Waals surface area contributed by atoms with Gasteiger partial charge in [0.2, 0.25) is 0 Å². The summed E-state index contributed by atoms with van der Waals surface area (Å²) in [6, 6.07) is 19.4. The van der Waals surface area contributed by atoms with Crippen molar-refractivity contribution >= 4 is 34.6 Å². The van der Waals surface area contributed by atoms with E-state index in [1.165, 1.54) is 28.8 Å². The highest BCUT2D eigenvalue weighted by molar-refractivity contribution is 7.07. The molecule has 2 aromatic heterocycles. The van der Waals surface area contributed by atoms with E-state index in [0.717, 1.165) is 11.3 Å². The summed E-state index contributed by atoms with van der Waals surface area (Å²) in [6.45, 7) is 0. The molecule has 6 nitrogen and oxygen atoms in total. The lowest BCUT2D eigenvalue weighted by Gasteiger charge is -2.05. The van der Waals surface area contributed by atoms with E-state index in [2.05, 4.69) is 10.3 Å². The summed E-state index contributed by atoms with van der Waals surface area (Å²) < 4.78 is 15.0. The Kier molecular flexibility index (Phi) is 6.01. The van der Waals surface area contributed by atoms with Crippen molar-refractivity contribution in [2.45, 2.75) is 0 Å². The minimum absolute atomic E-state index is 0.193. The molecule has 1 amide bonds. The lowest BCUT2D eigenvalue weighted by molar-refractivity contribution is -0.111. The first-order chi connectivity index (χ1) is 15.6. The van der Waals surface area contributed by atoms with Crippen LogP contribution in [0.4, 0.5) is 10.1 Å². The largest absolute Gasteiger partial charge is 0.321 e. The Morgan fingerprint density at radius 1 is 1.09 bits per heavy atom. The molecule has 1 N–H and O–H groups in total. The third-order valence-electron chi connectivity index (χ3n) is 4.47. The summed E-state index contributed by atoms with van der Waals surface area (Å²) in [6.07, 6.45) is 4.90. The van der Waals surface area contributed by atoms with Gasteiger partial charge in [-0.2, -0.15) is 5.26 Å². The SMILES string of the molecule is N#C/C(C(=O)Nc1ccc(F)cc1)=c1/s/c(=C/c2cccnc2)c(=O)n1-c1ccccc1.